The number of aromatic nitrogens is 2. The van der Waals surface area contributed by atoms with Crippen molar-refractivity contribution in [2.45, 2.75) is 5.16 Å². The molecular weight excluding hydrogens is 298 g/mol. The summed E-state index contributed by atoms with van der Waals surface area (Å²) in [5, 5.41) is 0.707. The number of halogens is 1. The van der Waals surface area contributed by atoms with Crippen LogP contribution in [0.5, 0.6) is 5.19 Å². The molecule has 1 heterocycles. The third kappa shape index (κ3) is 5.85. The van der Waals surface area contributed by atoms with Crippen LogP contribution in [0, 0.1) is 0 Å². The molecule has 6 nitrogen and oxygen atoms in total. The summed E-state index contributed by atoms with van der Waals surface area (Å²) in [4.78, 5) is 16.9. The van der Waals surface area contributed by atoms with Gasteiger partial charge in [0.15, 0.2) is 0 Å². The van der Waals surface area contributed by atoms with Crippen molar-refractivity contribution in [3.63, 3.8) is 0 Å². The Hall–Kier alpha value is -0.570. The van der Waals surface area contributed by atoms with Crippen LogP contribution in [0.2, 0.25) is 0 Å². The molecule has 0 atom stereocenters. The van der Waals surface area contributed by atoms with Crippen molar-refractivity contribution in [1.82, 2.24) is 14.3 Å². The van der Waals surface area contributed by atoms with E-state index in [1.165, 1.54) is 4.90 Å². The number of carbonyl (C=O) groups excluding carboxylic acids is 1. The van der Waals surface area contributed by atoms with Gasteiger partial charge in [0, 0.05) is 43.3 Å². The normalized spacial score (nSPS) is 10.4. The van der Waals surface area contributed by atoms with Crippen molar-refractivity contribution in [3.8, 4) is 5.19 Å². The van der Waals surface area contributed by atoms with Gasteiger partial charge in [-0.2, -0.15) is 9.36 Å². The maximum Gasteiger partial charge on any atom is 0.294 e. The summed E-state index contributed by atoms with van der Waals surface area (Å²) in [5.74, 6) is 0.465. The highest BCUT2D eigenvalue weighted by atomic mass is 35.5. The number of hydrogen-bond acceptors (Lipinski definition) is 7. The van der Waals surface area contributed by atoms with Crippen LogP contribution in [0.3, 0.4) is 0 Å². The van der Waals surface area contributed by atoms with Crippen LogP contribution in [0.1, 0.15) is 0 Å². The molecule has 0 aliphatic carbocycles. The molecular formula is C9H14ClN3O3S2. The Kier molecular flexibility index (Phi) is 7.33. The van der Waals surface area contributed by atoms with E-state index in [-0.39, 0.29) is 5.24 Å². The summed E-state index contributed by atoms with van der Waals surface area (Å²) in [5.41, 5.74) is 0. The molecule has 0 aliphatic rings. The van der Waals surface area contributed by atoms with Gasteiger partial charge in [-0.15, -0.1) is 11.6 Å². The van der Waals surface area contributed by atoms with E-state index < -0.39 is 0 Å². The Morgan fingerprint density at radius 1 is 1.44 bits per heavy atom. The van der Waals surface area contributed by atoms with Crippen molar-refractivity contribution in [3.05, 3.63) is 0 Å². The third-order valence-electron chi connectivity index (χ3n) is 1.61. The van der Waals surface area contributed by atoms with Gasteiger partial charge in [-0.3, -0.25) is 4.79 Å². The van der Waals surface area contributed by atoms with Crippen LogP contribution >= 0.6 is 34.9 Å². The lowest BCUT2D eigenvalue weighted by Crippen LogP contribution is -2.16. The summed E-state index contributed by atoms with van der Waals surface area (Å²) < 4.78 is 14.5. The minimum absolute atomic E-state index is 0.121. The van der Waals surface area contributed by atoms with Crippen LogP contribution < -0.4 is 4.74 Å². The molecule has 0 radical (unpaired) electrons. The van der Waals surface area contributed by atoms with E-state index in [0.717, 1.165) is 23.3 Å². The smallest absolute Gasteiger partial charge is 0.294 e. The quantitative estimate of drug-likeness (QED) is 0.435. The lowest BCUT2D eigenvalue weighted by atomic mass is 10.7. The largest absolute Gasteiger partial charge is 0.467 e. The Morgan fingerprint density at radius 2 is 2.22 bits per heavy atom. The summed E-state index contributed by atoms with van der Waals surface area (Å²) >= 11 is 7.53. The average Bonchev–Trinajstić information content (AvgIpc) is 2.76. The average molecular weight is 312 g/mol. The molecule has 1 amide bonds. The van der Waals surface area contributed by atoms with Crippen LogP contribution in [-0.4, -0.2) is 59.3 Å². The van der Waals surface area contributed by atoms with Crippen molar-refractivity contribution in [1.29, 1.82) is 0 Å². The van der Waals surface area contributed by atoms with Gasteiger partial charge in [0.05, 0.1) is 13.2 Å². The minimum Gasteiger partial charge on any atom is -0.467 e. The number of carbonyl (C=O) groups is 1. The molecule has 1 rings (SSSR count). The molecule has 18 heavy (non-hydrogen) atoms. The second-order valence-corrected chi connectivity index (χ2v) is 5.27. The minimum atomic E-state index is -0.121. The summed E-state index contributed by atoms with van der Waals surface area (Å²) in [7, 11) is 3.35. The van der Waals surface area contributed by atoms with Crippen molar-refractivity contribution < 1.29 is 14.3 Å². The van der Waals surface area contributed by atoms with E-state index in [1.54, 1.807) is 14.1 Å². The van der Waals surface area contributed by atoms with E-state index >= 15 is 0 Å². The fraction of sp³-hybridized carbons (Fsp3) is 0.667. The van der Waals surface area contributed by atoms with Gasteiger partial charge in [-0.05, 0) is 0 Å². The van der Waals surface area contributed by atoms with Gasteiger partial charge in [0.2, 0.25) is 5.16 Å². The third-order valence-corrected chi connectivity index (χ3v) is 3.41. The van der Waals surface area contributed by atoms with Gasteiger partial charge >= 0.3 is 0 Å². The number of thioether (sulfide) groups is 1. The summed E-state index contributed by atoms with van der Waals surface area (Å²) in [6, 6.07) is 0. The van der Waals surface area contributed by atoms with Gasteiger partial charge < -0.3 is 14.4 Å². The first-order valence-corrected chi connectivity index (χ1v) is 7.25. The Bertz CT molecular complexity index is 376. The fourth-order valence-corrected chi connectivity index (χ4v) is 2.17. The Morgan fingerprint density at radius 3 is 2.89 bits per heavy atom. The van der Waals surface area contributed by atoms with Crippen LogP contribution in [-0.2, 0) is 4.74 Å². The van der Waals surface area contributed by atoms with E-state index in [1.807, 2.05) is 0 Å². The van der Waals surface area contributed by atoms with E-state index in [9.17, 15) is 4.79 Å². The molecule has 0 aromatic carbocycles. The Labute approximate surface area is 119 Å². The van der Waals surface area contributed by atoms with Gasteiger partial charge in [-0.1, -0.05) is 0 Å². The molecule has 0 saturated carbocycles. The highest BCUT2D eigenvalue weighted by Crippen LogP contribution is 2.23. The second kappa shape index (κ2) is 8.52. The van der Waals surface area contributed by atoms with Crippen molar-refractivity contribution in [2.24, 2.45) is 0 Å². The predicted octanol–water partition coefficient (Wildman–Crippen LogP) is 1.95. The molecule has 102 valence electrons. The summed E-state index contributed by atoms with van der Waals surface area (Å²) in [6.07, 6.45) is 0. The zero-order chi connectivity index (χ0) is 13.4. The zero-order valence-electron chi connectivity index (χ0n) is 10.1. The molecule has 0 bridgehead atoms. The number of alkyl halides is 1. The summed E-state index contributed by atoms with van der Waals surface area (Å²) in [6.45, 7) is 1.34. The molecule has 0 aliphatic heterocycles. The molecule has 1 aromatic heterocycles. The zero-order valence-corrected chi connectivity index (χ0v) is 12.5. The SMILES string of the molecule is CN(C)C(=O)Sc1nsc(OCCOCCCl)n1. The topological polar surface area (TPSA) is 64.6 Å². The first-order valence-electron chi connectivity index (χ1n) is 5.13. The van der Waals surface area contributed by atoms with Crippen LogP contribution in [0.15, 0.2) is 5.16 Å². The van der Waals surface area contributed by atoms with Gasteiger partial charge in [0.25, 0.3) is 10.4 Å². The van der Waals surface area contributed by atoms with Crippen molar-refractivity contribution in [2.75, 3.05) is 39.8 Å². The van der Waals surface area contributed by atoms with Crippen LogP contribution in [0.25, 0.3) is 0 Å². The molecule has 0 spiro atoms. The van der Waals surface area contributed by atoms with E-state index in [2.05, 4.69) is 9.36 Å². The van der Waals surface area contributed by atoms with Crippen molar-refractivity contribution >= 4 is 40.1 Å². The molecule has 0 fully saturated rings. The molecule has 0 N–H and O–H groups in total. The van der Waals surface area contributed by atoms with Gasteiger partial charge in [-0.25, -0.2) is 0 Å². The second-order valence-electron chi connectivity index (χ2n) is 3.26. The standard InChI is InChI=1S/C9H14ClN3O3S2/c1-13(2)9(14)17-7-11-8(18-12-7)16-6-5-15-4-3-10/h3-6H2,1-2H3. The molecule has 0 unspecified atom stereocenters. The molecule has 0 saturated heterocycles. The number of ether oxygens (including phenoxy) is 2. The molecule has 1 aromatic rings. The lowest BCUT2D eigenvalue weighted by molar-refractivity contribution is 0.111. The fourth-order valence-electron chi connectivity index (χ4n) is 0.811. The monoisotopic (exact) mass is 311 g/mol. The molecule has 9 heteroatoms. The number of rotatable bonds is 7. The number of hydrogen-bond donors (Lipinski definition) is 0. The lowest BCUT2D eigenvalue weighted by Gasteiger charge is -2.06. The van der Waals surface area contributed by atoms with Gasteiger partial charge in [0.1, 0.15) is 6.61 Å². The van der Waals surface area contributed by atoms with Crippen LogP contribution in [0.4, 0.5) is 4.79 Å². The number of amides is 1. The first-order chi connectivity index (χ1) is 8.63. The predicted molar refractivity (Wildman–Crippen MR) is 71.9 cm³/mol. The van der Waals surface area contributed by atoms with E-state index in [0.29, 0.717) is 36.1 Å². The highest BCUT2D eigenvalue weighted by molar-refractivity contribution is 8.13. The highest BCUT2D eigenvalue weighted by Gasteiger charge is 2.12. The Balaban J connectivity index is 2.28. The number of nitrogens with zero attached hydrogens (tertiary/aromatic N) is 3. The van der Waals surface area contributed by atoms with E-state index in [4.69, 9.17) is 21.1 Å². The maximum absolute atomic E-state index is 11.4. The first kappa shape index (κ1) is 15.5. The maximum atomic E-state index is 11.4.